The lowest BCUT2D eigenvalue weighted by molar-refractivity contribution is -0.113. The van der Waals surface area contributed by atoms with E-state index in [0.29, 0.717) is 11.4 Å². The Hall–Kier alpha value is -2.34. The Balaban J connectivity index is 2.12. The number of hydrogen-bond acceptors (Lipinski definition) is 4. The molecule has 0 unspecified atom stereocenters. The van der Waals surface area contributed by atoms with Crippen LogP contribution >= 0.6 is 0 Å². The molecule has 2 aromatic rings. The number of benzene rings is 2. The lowest BCUT2D eigenvalue weighted by Crippen LogP contribution is -2.23. The van der Waals surface area contributed by atoms with Crippen LogP contribution in [0.2, 0.25) is 0 Å². The number of carbonyl (C=O) groups excluding carboxylic acids is 1. The summed E-state index contributed by atoms with van der Waals surface area (Å²) in [5, 5.41) is 2.52. The number of sulfone groups is 1. The lowest BCUT2D eigenvalue weighted by atomic mass is 10.2. The number of amides is 1. The molecule has 0 atom stereocenters. The first kappa shape index (κ1) is 15.1. The predicted octanol–water partition coefficient (Wildman–Crippen LogP) is 1.99. The molecular formula is C15H16N2O3S. The number of carbonyl (C=O) groups is 1. The van der Waals surface area contributed by atoms with Gasteiger partial charge in [-0.3, -0.25) is 4.79 Å². The number of rotatable bonds is 4. The zero-order valence-electron chi connectivity index (χ0n) is 11.5. The number of hydrogen-bond donors (Lipinski definition) is 2. The quantitative estimate of drug-likeness (QED) is 0.845. The SMILES string of the molecule is Cc1ccc(NC(=O)CS(=O)(=O)c2ccccc2)c(N)c1. The largest absolute Gasteiger partial charge is 0.397 e. The molecule has 2 aromatic carbocycles. The van der Waals surface area contributed by atoms with Crippen LogP contribution in [0.3, 0.4) is 0 Å². The minimum Gasteiger partial charge on any atom is -0.397 e. The van der Waals surface area contributed by atoms with Crippen molar-refractivity contribution in [3.63, 3.8) is 0 Å². The second-order valence-electron chi connectivity index (χ2n) is 4.71. The Bertz CT molecular complexity index is 756. The molecule has 0 radical (unpaired) electrons. The lowest BCUT2D eigenvalue weighted by Gasteiger charge is -2.09. The average molecular weight is 304 g/mol. The first-order valence-corrected chi connectivity index (χ1v) is 7.97. The van der Waals surface area contributed by atoms with Gasteiger partial charge in [-0.1, -0.05) is 24.3 Å². The molecule has 0 bridgehead atoms. The fourth-order valence-corrected chi connectivity index (χ4v) is 3.02. The first-order valence-electron chi connectivity index (χ1n) is 6.32. The zero-order valence-corrected chi connectivity index (χ0v) is 12.4. The third-order valence-corrected chi connectivity index (χ3v) is 4.54. The molecule has 0 saturated heterocycles. The molecule has 0 aliphatic carbocycles. The van der Waals surface area contributed by atoms with Crippen molar-refractivity contribution < 1.29 is 13.2 Å². The van der Waals surface area contributed by atoms with Gasteiger partial charge in [0.15, 0.2) is 9.84 Å². The van der Waals surface area contributed by atoms with E-state index in [0.717, 1.165) is 5.56 Å². The first-order chi connectivity index (χ1) is 9.88. The van der Waals surface area contributed by atoms with Crippen LogP contribution < -0.4 is 11.1 Å². The highest BCUT2D eigenvalue weighted by atomic mass is 32.2. The molecule has 0 heterocycles. The van der Waals surface area contributed by atoms with Crippen molar-refractivity contribution in [2.45, 2.75) is 11.8 Å². The van der Waals surface area contributed by atoms with Crippen LogP contribution in [0.5, 0.6) is 0 Å². The molecule has 0 saturated carbocycles. The van der Waals surface area contributed by atoms with Crippen molar-refractivity contribution in [1.29, 1.82) is 0 Å². The molecule has 0 spiro atoms. The Kier molecular flexibility index (Phi) is 4.28. The summed E-state index contributed by atoms with van der Waals surface area (Å²) in [5.74, 6) is -1.24. The Morgan fingerprint density at radius 1 is 1.14 bits per heavy atom. The van der Waals surface area contributed by atoms with E-state index in [1.54, 1.807) is 36.4 Å². The molecular weight excluding hydrogens is 288 g/mol. The fraction of sp³-hybridized carbons (Fsp3) is 0.133. The van der Waals surface area contributed by atoms with E-state index in [1.807, 2.05) is 6.92 Å². The molecule has 21 heavy (non-hydrogen) atoms. The van der Waals surface area contributed by atoms with Crippen molar-refractivity contribution in [3.8, 4) is 0 Å². The van der Waals surface area contributed by atoms with E-state index >= 15 is 0 Å². The summed E-state index contributed by atoms with van der Waals surface area (Å²) in [5.41, 5.74) is 7.56. The second kappa shape index (κ2) is 5.97. The maximum atomic E-state index is 12.1. The molecule has 0 aliphatic heterocycles. The van der Waals surface area contributed by atoms with Gasteiger partial charge in [0.25, 0.3) is 0 Å². The monoisotopic (exact) mass is 304 g/mol. The second-order valence-corrected chi connectivity index (χ2v) is 6.70. The highest BCUT2D eigenvalue weighted by molar-refractivity contribution is 7.92. The topological polar surface area (TPSA) is 89.3 Å². The number of nitrogens with one attached hydrogen (secondary N) is 1. The summed E-state index contributed by atoms with van der Waals surface area (Å²) < 4.78 is 24.2. The van der Waals surface area contributed by atoms with Gasteiger partial charge < -0.3 is 11.1 Å². The van der Waals surface area contributed by atoms with Gasteiger partial charge in [0.05, 0.1) is 16.3 Å². The van der Waals surface area contributed by atoms with Gasteiger partial charge in [0, 0.05) is 0 Å². The van der Waals surface area contributed by atoms with Gasteiger partial charge in [-0.25, -0.2) is 8.42 Å². The summed E-state index contributed by atoms with van der Waals surface area (Å²) >= 11 is 0. The third-order valence-electron chi connectivity index (χ3n) is 2.90. The van der Waals surface area contributed by atoms with E-state index in [1.165, 1.54) is 12.1 Å². The molecule has 5 nitrogen and oxygen atoms in total. The number of anilines is 2. The number of aryl methyl sites for hydroxylation is 1. The van der Waals surface area contributed by atoms with Crippen molar-refractivity contribution in [2.75, 3.05) is 16.8 Å². The zero-order chi connectivity index (χ0) is 15.5. The summed E-state index contributed by atoms with van der Waals surface area (Å²) in [6, 6.07) is 13.0. The fourth-order valence-electron chi connectivity index (χ4n) is 1.87. The van der Waals surface area contributed by atoms with Crippen molar-refractivity contribution in [3.05, 3.63) is 54.1 Å². The van der Waals surface area contributed by atoms with Crippen molar-refractivity contribution >= 4 is 27.1 Å². The van der Waals surface area contributed by atoms with Crippen LogP contribution in [0.25, 0.3) is 0 Å². The molecule has 6 heteroatoms. The standard InChI is InChI=1S/C15H16N2O3S/c1-11-7-8-14(13(16)9-11)17-15(18)10-21(19,20)12-5-3-2-4-6-12/h2-9H,10,16H2,1H3,(H,17,18). The molecule has 1 amide bonds. The van der Waals surface area contributed by atoms with Crippen LogP contribution in [0.15, 0.2) is 53.4 Å². The molecule has 0 fully saturated rings. The molecule has 110 valence electrons. The Labute approximate surface area is 123 Å². The van der Waals surface area contributed by atoms with Crippen molar-refractivity contribution in [2.24, 2.45) is 0 Å². The van der Waals surface area contributed by atoms with Crippen LogP contribution in [0.4, 0.5) is 11.4 Å². The average Bonchev–Trinajstić information content (AvgIpc) is 2.42. The van der Waals surface area contributed by atoms with Crippen molar-refractivity contribution in [1.82, 2.24) is 0 Å². The minimum absolute atomic E-state index is 0.122. The van der Waals surface area contributed by atoms with Gasteiger partial charge in [-0.05, 0) is 36.8 Å². The summed E-state index contributed by atoms with van der Waals surface area (Å²) in [6.45, 7) is 1.88. The summed E-state index contributed by atoms with van der Waals surface area (Å²) in [6.07, 6.45) is 0. The summed E-state index contributed by atoms with van der Waals surface area (Å²) in [4.78, 5) is 12.0. The van der Waals surface area contributed by atoms with E-state index in [2.05, 4.69) is 5.32 Å². The van der Waals surface area contributed by atoms with Gasteiger partial charge in [0.1, 0.15) is 5.75 Å². The smallest absolute Gasteiger partial charge is 0.240 e. The highest BCUT2D eigenvalue weighted by Crippen LogP contribution is 2.19. The normalized spacial score (nSPS) is 11.1. The van der Waals surface area contributed by atoms with Gasteiger partial charge in [-0.15, -0.1) is 0 Å². The maximum absolute atomic E-state index is 12.1. The van der Waals surface area contributed by atoms with Crippen LogP contribution in [-0.2, 0) is 14.6 Å². The van der Waals surface area contributed by atoms with Crippen LogP contribution in [-0.4, -0.2) is 20.1 Å². The summed E-state index contributed by atoms with van der Waals surface area (Å²) in [7, 11) is -3.65. The predicted molar refractivity (Wildman–Crippen MR) is 82.7 cm³/mol. The highest BCUT2D eigenvalue weighted by Gasteiger charge is 2.19. The van der Waals surface area contributed by atoms with Gasteiger partial charge >= 0.3 is 0 Å². The third kappa shape index (κ3) is 3.82. The Morgan fingerprint density at radius 2 is 1.81 bits per heavy atom. The molecule has 2 rings (SSSR count). The van der Waals surface area contributed by atoms with Gasteiger partial charge in [0.2, 0.25) is 5.91 Å². The van der Waals surface area contributed by atoms with E-state index in [9.17, 15) is 13.2 Å². The van der Waals surface area contributed by atoms with E-state index in [-0.39, 0.29) is 4.90 Å². The van der Waals surface area contributed by atoms with Crippen LogP contribution in [0, 0.1) is 6.92 Å². The van der Waals surface area contributed by atoms with Gasteiger partial charge in [-0.2, -0.15) is 0 Å². The maximum Gasteiger partial charge on any atom is 0.240 e. The van der Waals surface area contributed by atoms with E-state index in [4.69, 9.17) is 5.73 Å². The number of nitrogen functional groups attached to an aromatic ring is 1. The molecule has 3 N–H and O–H groups in total. The molecule has 0 aliphatic rings. The number of nitrogens with two attached hydrogens (primary N) is 1. The minimum atomic E-state index is -3.65. The molecule has 0 aromatic heterocycles. The van der Waals surface area contributed by atoms with E-state index < -0.39 is 21.5 Å². The Morgan fingerprint density at radius 3 is 2.43 bits per heavy atom. The van der Waals surface area contributed by atoms with Crippen LogP contribution in [0.1, 0.15) is 5.56 Å².